The second-order valence-corrected chi connectivity index (χ2v) is 5.24. The molecule has 6 heteroatoms. The van der Waals surface area contributed by atoms with Gasteiger partial charge >= 0.3 is 5.97 Å². The van der Waals surface area contributed by atoms with Crippen LogP contribution in [0.25, 0.3) is 0 Å². The minimum Gasteiger partial charge on any atom is -0.464 e. The molecule has 114 valence electrons. The standard InChI is InChI=1S/C15H20N2O4/c1-3-21-15(18)14-6-4-5-7-16(14)12-8-11(2)9-13(10-12)17(19)20/h8-10,14H,3-7H2,1-2H3. The monoisotopic (exact) mass is 292 g/mol. The number of nitro groups is 1. The number of esters is 1. The number of anilines is 1. The molecular formula is C15H20N2O4. The minimum atomic E-state index is -0.403. The van der Waals surface area contributed by atoms with E-state index < -0.39 is 4.92 Å². The van der Waals surface area contributed by atoms with Crippen molar-refractivity contribution in [1.29, 1.82) is 0 Å². The van der Waals surface area contributed by atoms with Crippen LogP contribution in [0, 0.1) is 17.0 Å². The zero-order valence-electron chi connectivity index (χ0n) is 12.4. The SMILES string of the molecule is CCOC(=O)C1CCCCN1c1cc(C)cc([N+](=O)[O-])c1. The highest BCUT2D eigenvalue weighted by Gasteiger charge is 2.30. The summed E-state index contributed by atoms with van der Waals surface area (Å²) < 4.78 is 5.13. The van der Waals surface area contributed by atoms with Crippen LogP contribution in [0.4, 0.5) is 11.4 Å². The van der Waals surface area contributed by atoms with Gasteiger partial charge in [0.15, 0.2) is 0 Å². The molecule has 0 amide bonds. The molecule has 1 aromatic carbocycles. The van der Waals surface area contributed by atoms with Gasteiger partial charge in [-0.15, -0.1) is 0 Å². The number of nitrogens with zero attached hydrogens (tertiary/aromatic N) is 2. The number of ether oxygens (including phenoxy) is 1. The van der Waals surface area contributed by atoms with Crippen molar-refractivity contribution in [3.63, 3.8) is 0 Å². The van der Waals surface area contributed by atoms with Gasteiger partial charge in [-0.1, -0.05) is 0 Å². The first-order valence-electron chi connectivity index (χ1n) is 7.22. The lowest BCUT2D eigenvalue weighted by Crippen LogP contribution is -2.45. The van der Waals surface area contributed by atoms with Crippen molar-refractivity contribution in [2.75, 3.05) is 18.1 Å². The Morgan fingerprint density at radius 3 is 2.86 bits per heavy atom. The molecule has 0 bridgehead atoms. The lowest BCUT2D eigenvalue weighted by molar-refractivity contribution is -0.384. The molecule has 1 unspecified atom stereocenters. The molecule has 0 radical (unpaired) electrons. The maximum Gasteiger partial charge on any atom is 0.328 e. The Balaban J connectivity index is 2.32. The highest BCUT2D eigenvalue weighted by Crippen LogP contribution is 2.29. The van der Waals surface area contributed by atoms with Crippen molar-refractivity contribution in [2.24, 2.45) is 0 Å². The summed E-state index contributed by atoms with van der Waals surface area (Å²) in [5, 5.41) is 11.0. The molecule has 1 fully saturated rings. The third-order valence-electron chi connectivity index (χ3n) is 3.65. The van der Waals surface area contributed by atoms with Gasteiger partial charge in [0.2, 0.25) is 0 Å². The van der Waals surface area contributed by atoms with E-state index in [2.05, 4.69) is 0 Å². The van der Waals surface area contributed by atoms with Gasteiger partial charge in [0.05, 0.1) is 11.5 Å². The van der Waals surface area contributed by atoms with E-state index in [9.17, 15) is 14.9 Å². The molecule has 0 N–H and O–H groups in total. The van der Waals surface area contributed by atoms with Crippen LogP contribution < -0.4 is 4.90 Å². The molecule has 0 saturated carbocycles. The summed E-state index contributed by atoms with van der Waals surface area (Å²) in [6.07, 6.45) is 2.66. The van der Waals surface area contributed by atoms with Crippen molar-refractivity contribution in [3.8, 4) is 0 Å². The van der Waals surface area contributed by atoms with Crippen LogP contribution in [0.1, 0.15) is 31.7 Å². The fourth-order valence-corrected chi connectivity index (χ4v) is 2.74. The van der Waals surface area contributed by atoms with Crippen molar-refractivity contribution >= 4 is 17.3 Å². The summed E-state index contributed by atoms with van der Waals surface area (Å²) in [6.45, 7) is 4.66. The Morgan fingerprint density at radius 2 is 2.19 bits per heavy atom. The largest absolute Gasteiger partial charge is 0.464 e. The van der Waals surface area contributed by atoms with Gasteiger partial charge in [0, 0.05) is 24.4 Å². The van der Waals surface area contributed by atoms with E-state index >= 15 is 0 Å². The minimum absolute atomic E-state index is 0.0539. The normalized spacial score (nSPS) is 18.4. The quantitative estimate of drug-likeness (QED) is 0.484. The van der Waals surface area contributed by atoms with Gasteiger partial charge < -0.3 is 9.64 Å². The number of benzene rings is 1. The average Bonchev–Trinajstić information content (AvgIpc) is 2.46. The molecule has 1 aliphatic rings. The van der Waals surface area contributed by atoms with Gasteiger partial charge in [0.1, 0.15) is 6.04 Å². The van der Waals surface area contributed by atoms with Gasteiger partial charge in [-0.3, -0.25) is 10.1 Å². The zero-order chi connectivity index (χ0) is 15.4. The summed E-state index contributed by atoms with van der Waals surface area (Å²) in [5.74, 6) is -0.249. The predicted octanol–water partition coefficient (Wildman–Crippen LogP) is 2.83. The van der Waals surface area contributed by atoms with Crippen LogP contribution in [0.5, 0.6) is 0 Å². The summed E-state index contributed by atoms with van der Waals surface area (Å²) in [4.78, 5) is 24.6. The predicted molar refractivity (Wildman–Crippen MR) is 79.5 cm³/mol. The van der Waals surface area contributed by atoms with E-state index in [1.165, 1.54) is 12.1 Å². The van der Waals surface area contributed by atoms with Crippen molar-refractivity contribution in [1.82, 2.24) is 0 Å². The van der Waals surface area contributed by atoms with Gasteiger partial charge in [0.25, 0.3) is 5.69 Å². The Morgan fingerprint density at radius 1 is 1.43 bits per heavy atom. The smallest absolute Gasteiger partial charge is 0.328 e. The fourth-order valence-electron chi connectivity index (χ4n) is 2.74. The molecule has 1 heterocycles. The van der Waals surface area contributed by atoms with E-state index in [1.54, 1.807) is 6.92 Å². The lowest BCUT2D eigenvalue weighted by Gasteiger charge is -2.35. The summed E-state index contributed by atoms with van der Waals surface area (Å²) in [7, 11) is 0. The highest BCUT2D eigenvalue weighted by molar-refractivity contribution is 5.80. The second-order valence-electron chi connectivity index (χ2n) is 5.24. The summed E-state index contributed by atoms with van der Waals surface area (Å²) in [6, 6.07) is 4.60. The summed E-state index contributed by atoms with van der Waals surface area (Å²) in [5.41, 5.74) is 1.59. The maximum absolute atomic E-state index is 12.1. The molecule has 0 aliphatic carbocycles. The Labute approximate surface area is 123 Å². The van der Waals surface area contributed by atoms with E-state index in [1.807, 2.05) is 17.9 Å². The first-order valence-corrected chi connectivity index (χ1v) is 7.22. The van der Waals surface area contributed by atoms with Crippen LogP contribution >= 0.6 is 0 Å². The van der Waals surface area contributed by atoms with Crippen LogP contribution in [0.3, 0.4) is 0 Å². The van der Waals surface area contributed by atoms with Crippen molar-refractivity contribution < 1.29 is 14.5 Å². The number of piperidine rings is 1. The molecular weight excluding hydrogens is 272 g/mol. The first-order chi connectivity index (χ1) is 10.0. The number of hydrogen-bond acceptors (Lipinski definition) is 5. The van der Waals surface area contributed by atoms with Gasteiger partial charge in [-0.25, -0.2) is 4.79 Å². The molecule has 0 aromatic heterocycles. The van der Waals surface area contributed by atoms with E-state index in [-0.39, 0.29) is 17.7 Å². The molecule has 1 aromatic rings. The van der Waals surface area contributed by atoms with Gasteiger partial charge in [-0.2, -0.15) is 0 Å². The van der Waals surface area contributed by atoms with Crippen LogP contribution in [-0.2, 0) is 9.53 Å². The fraction of sp³-hybridized carbons (Fsp3) is 0.533. The molecule has 1 aliphatic heterocycles. The molecule has 6 nitrogen and oxygen atoms in total. The Hall–Kier alpha value is -2.11. The third kappa shape index (κ3) is 3.51. The number of rotatable bonds is 4. The van der Waals surface area contributed by atoms with Crippen LogP contribution in [0.15, 0.2) is 18.2 Å². The number of aryl methyl sites for hydroxylation is 1. The maximum atomic E-state index is 12.1. The zero-order valence-corrected chi connectivity index (χ0v) is 12.4. The topological polar surface area (TPSA) is 72.7 Å². The first kappa shape index (κ1) is 15.3. The van der Waals surface area contributed by atoms with Crippen LogP contribution in [-0.4, -0.2) is 30.1 Å². The second kappa shape index (κ2) is 6.56. The molecule has 1 saturated heterocycles. The number of non-ortho nitro benzene ring substituents is 1. The lowest BCUT2D eigenvalue weighted by atomic mass is 10.0. The number of carbonyl (C=O) groups excluding carboxylic acids is 1. The van der Waals surface area contributed by atoms with E-state index in [4.69, 9.17) is 4.74 Å². The number of nitro benzene ring substituents is 1. The van der Waals surface area contributed by atoms with Crippen LogP contribution in [0.2, 0.25) is 0 Å². The highest BCUT2D eigenvalue weighted by atomic mass is 16.6. The Kier molecular flexibility index (Phi) is 4.77. The third-order valence-corrected chi connectivity index (χ3v) is 3.65. The number of carbonyl (C=O) groups is 1. The molecule has 21 heavy (non-hydrogen) atoms. The van der Waals surface area contributed by atoms with Crippen molar-refractivity contribution in [2.45, 2.75) is 39.2 Å². The van der Waals surface area contributed by atoms with E-state index in [0.29, 0.717) is 13.2 Å². The molecule has 1 atom stereocenters. The van der Waals surface area contributed by atoms with E-state index in [0.717, 1.165) is 30.5 Å². The molecule has 0 spiro atoms. The Bertz CT molecular complexity index is 544. The summed E-state index contributed by atoms with van der Waals surface area (Å²) >= 11 is 0. The molecule has 2 rings (SSSR count). The average molecular weight is 292 g/mol. The van der Waals surface area contributed by atoms with Gasteiger partial charge in [-0.05, 0) is 44.7 Å². The van der Waals surface area contributed by atoms with Crippen molar-refractivity contribution in [3.05, 3.63) is 33.9 Å². The number of hydrogen-bond donors (Lipinski definition) is 0.